The summed E-state index contributed by atoms with van der Waals surface area (Å²) in [5.41, 5.74) is 1.02. The van der Waals surface area contributed by atoms with E-state index in [9.17, 15) is 4.57 Å². The lowest BCUT2D eigenvalue weighted by molar-refractivity contribution is 0.164. The minimum atomic E-state index is -3.76. The Balaban J connectivity index is 3.22. The Kier molecular flexibility index (Phi) is 10.4. The molecule has 0 aliphatic carbocycles. The number of hydrogen-bond acceptors (Lipinski definition) is 6. The maximum atomic E-state index is 12.8. The van der Waals surface area contributed by atoms with E-state index >= 15 is 0 Å². The van der Waals surface area contributed by atoms with Crippen molar-refractivity contribution in [1.82, 2.24) is 0 Å². The van der Waals surface area contributed by atoms with E-state index in [1.165, 1.54) is 19.3 Å². The monoisotopic (exact) mass is 416 g/mol. The van der Waals surface area contributed by atoms with Gasteiger partial charge >= 0.3 is 7.82 Å². The van der Waals surface area contributed by atoms with Crippen LogP contribution in [0.2, 0.25) is 0 Å². The average molecular weight is 416 g/mol. The van der Waals surface area contributed by atoms with Crippen LogP contribution in [0.25, 0.3) is 0 Å². The number of benzene rings is 1. The zero-order chi connectivity index (χ0) is 21.2. The van der Waals surface area contributed by atoms with E-state index < -0.39 is 7.82 Å². The highest BCUT2D eigenvalue weighted by molar-refractivity contribution is 7.48. The van der Waals surface area contributed by atoms with Crippen LogP contribution in [0.5, 0.6) is 17.2 Å². The minimum Gasteiger partial charge on any atom is -0.493 e. The van der Waals surface area contributed by atoms with Crippen LogP contribution in [-0.2, 0) is 19.0 Å². The maximum Gasteiger partial charge on any atom is 0.530 e. The molecule has 28 heavy (non-hydrogen) atoms. The van der Waals surface area contributed by atoms with Crippen molar-refractivity contribution in [2.45, 2.75) is 72.1 Å². The molecule has 0 spiro atoms. The van der Waals surface area contributed by atoms with E-state index in [0.29, 0.717) is 11.5 Å². The molecule has 0 bridgehead atoms. The summed E-state index contributed by atoms with van der Waals surface area (Å²) in [6.07, 6.45) is 5.90. The van der Waals surface area contributed by atoms with Crippen LogP contribution in [0.15, 0.2) is 12.1 Å². The topological polar surface area (TPSA) is 63.2 Å². The second kappa shape index (κ2) is 11.7. The third kappa shape index (κ3) is 6.98. The van der Waals surface area contributed by atoms with Crippen LogP contribution in [0.4, 0.5) is 0 Å². The van der Waals surface area contributed by atoms with Crippen molar-refractivity contribution in [2.75, 3.05) is 27.4 Å². The normalized spacial score (nSPS) is 12.1. The number of methoxy groups -OCH3 is 2. The summed E-state index contributed by atoms with van der Waals surface area (Å²) >= 11 is 0. The summed E-state index contributed by atoms with van der Waals surface area (Å²) in [6, 6.07) is 3.83. The van der Waals surface area contributed by atoms with Gasteiger partial charge < -0.3 is 14.0 Å². The predicted molar refractivity (Wildman–Crippen MR) is 113 cm³/mol. The number of unbranched alkanes of at least 4 members (excludes halogenated alkanes) is 3. The molecule has 6 nitrogen and oxygen atoms in total. The van der Waals surface area contributed by atoms with Gasteiger partial charge in [-0.05, 0) is 43.4 Å². The van der Waals surface area contributed by atoms with Crippen molar-refractivity contribution in [3.63, 3.8) is 0 Å². The van der Waals surface area contributed by atoms with Gasteiger partial charge in [0.05, 0.1) is 27.4 Å². The number of hydrogen-bond donors (Lipinski definition) is 0. The van der Waals surface area contributed by atoms with E-state index in [1.54, 1.807) is 28.1 Å². The Bertz CT molecular complexity index is 609. The van der Waals surface area contributed by atoms with Gasteiger partial charge in [-0.3, -0.25) is 9.05 Å². The van der Waals surface area contributed by atoms with Gasteiger partial charge in [-0.1, -0.05) is 46.5 Å². The first-order valence-corrected chi connectivity index (χ1v) is 11.6. The number of phosphoric acid groups is 1. The molecule has 0 N–H and O–H groups in total. The number of phosphoric ester groups is 1. The third-order valence-electron chi connectivity index (χ3n) is 4.67. The summed E-state index contributed by atoms with van der Waals surface area (Å²) in [5.74, 6) is 1.10. The van der Waals surface area contributed by atoms with Gasteiger partial charge in [0, 0.05) is 0 Å². The fourth-order valence-electron chi connectivity index (χ4n) is 3.02. The maximum absolute atomic E-state index is 12.8. The lowest BCUT2D eigenvalue weighted by Crippen LogP contribution is -2.17. The van der Waals surface area contributed by atoms with Gasteiger partial charge in [-0.15, -0.1) is 0 Å². The zero-order valence-corrected chi connectivity index (χ0v) is 19.4. The third-order valence-corrected chi connectivity index (χ3v) is 6.23. The van der Waals surface area contributed by atoms with E-state index in [0.717, 1.165) is 18.4 Å². The first-order valence-electron chi connectivity index (χ1n) is 10.1. The summed E-state index contributed by atoms with van der Waals surface area (Å²) in [4.78, 5) is 0. The lowest BCUT2D eigenvalue weighted by Gasteiger charge is -2.28. The molecule has 1 rings (SSSR count). The Morgan fingerprint density at radius 2 is 1.43 bits per heavy atom. The molecular formula is C21H37O6P. The van der Waals surface area contributed by atoms with Gasteiger partial charge in [0.1, 0.15) is 0 Å². The highest BCUT2D eigenvalue weighted by atomic mass is 31.2. The highest BCUT2D eigenvalue weighted by Crippen LogP contribution is 2.55. The van der Waals surface area contributed by atoms with Crippen LogP contribution in [0.1, 0.15) is 72.3 Å². The first kappa shape index (κ1) is 24.8. The van der Waals surface area contributed by atoms with Crippen molar-refractivity contribution in [1.29, 1.82) is 0 Å². The molecule has 0 aromatic heterocycles. The Hall–Kier alpha value is -1.23. The molecule has 7 heteroatoms. The lowest BCUT2D eigenvalue weighted by atomic mass is 9.79. The summed E-state index contributed by atoms with van der Waals surface area (Å²) in [6.45, 7) is 10.5. The molecule has 0 unspecified atom stereocenters. The Morgan fingerprint density at radius 1 is 0.893 bits per heavy atom. The molecule has 0 radical (unpaired) electrons. The number of rotatable bonds is 14. The molecule has 162 valence electrons. The fraction of sp³-hybridized carbons (Fsp3) is 0.714. The quantitative estimate of drug-likeness (QED) is 0.254. The second-order valence-corrected chi connectivity index (χ2v) is 8.87. The molecular weight excluding hydrogens is 379 g/mol. The van der Waals surface area contributed by atoms with Crippen LogP contribution < -0.4 is 14.0 Å². The largest absolute Gasteiger partial charge is 0.530 e. The molecule has 0 saturated carbocycles. The van der Waals surface area contributed by atoms with Gasteiger partial charge in [0.25, 0.3) is 0 Å². The Morgan fingerprint density at radius 3 is 1.86 bits per heavy atom. The van der Waals surface area contributed by atoms with Gasteiger partial charge in [0.15, 0.2) is 11.5 Å². The second-order valence-electron chi connectivity index (χ2n) is 7.28. The number of ether oxygens (including phenoxy) is 2. The first-order chi connectivity index (χ1) is 13.3. The minimum absolute atomic E-state index is 0.0592. The van der Waals surface area contributed by atoms with Crippen LogP contribution >= 0.6 is 7.82 Å². The molecule has 1 aromatic carbocycles. The molecule has 0 aliphatic heterocycles. The van der Waals surface area contributed by atoms with E-state index in [4.69, 9.17) is 23.0 Å². The van der Waals surface area contributed by atoms with Crippen LogP contribution in [-0.4, -0.2) is 27.4 Å². The molecule has 1 aromatic rings. The van der Waals surface area contributed by atoms with Gasteiger partial charge in [0.2, 0.25) is 5.75 Å². The summed E-state index contributed by atoms with van der Waals surface area (Å²) < 4.78 is 40.1. The SMILES string of the molecule is CCCCCCC(C)(C)c1cc(OC)c(OP(=O)(OCC)OCC)c(OC)c1. The molecule has 0 heterocycles. The molecule has 0 atom stereocenters. The fourth-order valence-corrected chi connectivity index (χ4v) is 4.23. The van der Waals surface area contributed by atoms with Crippen molar-refractivity contribution in [3.05, 3.63) is 17.7 Å². The van der Waals surface area contributed by atoms with Crippen molar-refractivity contribution >= 4 is 7.82 Å². The van der Waals surface area contributed by atoms with E-state index in [2.05, 4.69) is 20.8 Å². The molecule has 0 aliphatic rings. The van der Waals surface area contributed by atoms with E-state index in [-0.39, 0.29) is 24.4 Å². The van der Waals surface area contributed by atoms with Gasteiger partial charge in [-0.2, -0.15) is 0 Å². The zero-order valence-electron chi connectivity index (χ0n) is 18.5. The van der Waals surface area contributed by atoms with E-state index in [1.807, 2.05) is 12.1 Å². The van der Waals surface area contributed by atoms with Crippen molar-refractivity contribution in [3.8, 4) is 17.2 Å². The van der Waals surface area contributed by atoms with Crippen LogP contribution in [0.3, 0.4) is 0 Å². The predicted octanol–water partition coefficient (Wildman–Crippen LogP) is 6.51. The average Bonchev–Trinajstić information content (AvgIpc) is 2.65. The standard InChI is InChI=1S/C21H37O6P/c1-8-11-12-13-14-21(4,5)17-15-18(23-6)20(19(16-17)24-7)27-28(22,25-9-2)26-10-3/h15-16H,8-14H2,1-7H3. The summed E-state index contributed by atoms with van der Waals surface area (Å²) in [7, 11) is -0.667. The van der Waals surface area contributed by atoms with Crippen molar-refractivity contribution in [2.24, 2.45) is 0 Å². The summed E-state index contributed by atoms with van der Waals surface area (Å²) in [5, 5.41) is 0. The smallest absolute Gasteiger partial charge is 0.493 e. The Labute approximate surface area is 170 Å². The van der Waals surface area contributed by atoms with Gasteiger partial charge in [-0.25, -0.2) is 4.57 Å². The van der Waals surface area contributed by atoms with Crippen molar-refractivity contribution < 1.29 is 27.6 Å². The highest BCUT2D eigenvalue weighted by Gasteiger charge is 2.32. The molecule has 0 fully saturated rings. The molecule has 0 saturated heterocycles. The van der Waals surface area contributed by atoms with Crippen LogP contribution in [0, 0.1) is 0 Å². The molecule has 0 amide bonds.